The zero-order valence-corrected chi connectivity index (χ0v) is 10.8. The molecule has 0 aromatic carbocycles. The summed E-state index contributed by atoms with van der Waals surface area (Å²) in [5.41, 5.74) is 6.32. The minimum atomic E-state index is -1.47. The number of nitrogen functional groups attached to an aromatic ring is 1. The summed E-state index contributed by atoms with van der Waals surface area (Å²) in [4.78, 5) is 11.9. The van der Waals surface area contributed by atoms with Gasteiger partial charge in [-0.05, 0) is 0 Å². The number of nitrogens with zero attached hydrogens (tertiary/aromatic N) is 4. The smallest absolute Gasteiger partial charge is 0.167 e. The van der Waals surface area contributed by atoms with Crippen molar-refractivity contribution >= 4 is 17.0 Å². The fourth-order valence-electron chi connectivity index (χ4n) is 2.37. The molecule has 10 nitrogen and oxygen atoms in total. The molecule has 3 rings (SSSR count). The first kappa shape index (κ1) is 14.1. The number of ether oxygens (including phenoxy) is 1. The van der Waals surface area contributed by atoms with Gasteiger partial charge in [0.15, 0.2) is 17.7 Å². The van der Waals surface area contributed by atoms with Gasteiger partial charge >= 0.3 is 0 Å². The van der Waals surface area contributed by atoms with Crippen molar-refractivity contribution in [2.75, 3.05) is 12.3 Å². The van der Waals surface area contributed by atoms with Crippen LogP contribution in [0.3, 0.4) is 0 Å². The minimum Gasteiger partial charge on any atom is -0.394 e. The van der Waals surface area contributed by atoms with Gasteiger partial charge in [-0.2, -0.15) is 0 Å². The molecule has 1 aliphatic rings. The molecule has 3 heterocycles. The highest BCUT2D eigenvalue weighted by Gasteiger charge is 2.44. The first-order valence-corrected chi connectivity index (χ1v) is 6.28. The number of hydrogen-bond acceptors (Lipinski definition) is 9. The van der Waals surface area contributed by atoms with Crippen molar-refractivity contribution in [3.8, 4) is 0 Å². The molecule has 1 fully saturated rings. The van der Waals surface area contributed by atoms with E-state index in [1.165, 1.54) is 17.2 Å². The molecule has 0 aliphatic carbocycles. The maximum absolute atomic E-state index is 10.1. The zero-order valence-electron chi connectivity index (χ0n) is 10.8. The van der Waals surface area contributed by atoms with E-state index < -0.39 is 37.3 Å². The van der Waals surface area contributed by atoms with Gasteiger partial charge in [0.1, 0.15) is 36.3 Å². The lowest BCUT2D eigenvalue weighted by atomic mass is 9.98. The van der Waals surface area contributed by atoms with E-state index in [-0.39, 0.29) is 5.82 Å². The quantitative estimate of drug-likeness (QED) is 0.400. The largest absolute Gasteiger partial charge is 0.394 e. The Hall–Kier alpha value is -1.85. The average Bonchev–Trinajstić information content (AvgIpc) is 2.91. The Morgan fingerprint density at radius 1 is 1.14 bits per heavy atom. The number of imidazole rings is 1. The fourth-order valence-corrected chi connectivity index (χ4v) is 2.37. The Kier molecular flexibility index (Phi) is 3.47. The zero-order chi connectivity index (χ0) is 15.1. The molecule has 0 spiro atoms. The van der Waals surface area contributed by atoms with Crippen molar-refractivity contribution in [1.29, 1.82) is 0 Å². The van der Waals surface area contributed by atoms with Crippen molar-refractivity contribution < 1.29 is 25.2 Å². The van der Waals surface area contributed by atoms with Crippen molar-refractivity contribution in [2.45, 2.75) is 30.6 Å². The van der Waals surface area contributed by atoms with Gasteiger partial charge in [0.25, 0.3) is 0 Å². The van der Waals surface area contributed by atoms with Gasteiger partial charge < -0.3 is 30.9 Å². The second-order valence-electron chi connectivity index (χ2n) is 4.80. The van der Waals surface area contributed by atoms with Crippen molar-refractivity contribution in [2.24, 2.45) is 0 Å². The lowest BCUT2D eigenvalue weighted by molar-refractivity contribution is -0.250. The molecule has 2 aromatic rings. The van der Waals surface area contributed by atoms with Crippen LogP contribution in [0.15, 0.2) is 12.7 Å². The molecule has 0 bridgehead atoms. The summed E-state index contributed by atoms with van der Waals surface area (Å²) < 4.78 is 6.81. The Bertz CT molecular complexity index is 647. The van der Waals surface area contributed by atoms with Gasteiger partial charge in [-0.15, -0.1) is 0 Å². The van der Waals surface area contributed by atoms with Gasteiger partial charge in [-0.1, -0.05) is 0 Å². The van der Waals surface area contributed by atoms with Crippen molar-refractivity contribution in [1.82, 2.24) is 19.5 Å². The van der Waals surface area contributed by atoms with Crippen molar-refractivity contribution in [3.05, 3.63) is 12.7 Å². The van der Waals surface area contributed by atoms with Crippen LogP contribution in [0.1, 0.15) is 6.23 Å². The van der Waals surface area contributed by atoms with Crippen LogP contribution in [-0.4, -0.2) is 71.0 Å². The number of aliphatic hydroxyl groups is 4. The molecular weight excluding hydrogens is 282 g/mol. The Morgan fingerprint density at radius 2 is 1.90 bits per heavy atom. The maximum Gasteiger partial charge on any atom is 0.167 e. The van der Waals surface area contributed by atoms with Gasteiger partial charge in [-0.3, -0.25) is 4.57 Å². The van der Waals surface area contributed by atoms with Crippen LogP contribution in [0.4, 0.5) is 5.82 Å². The van der Waals surface area contributed by atoms with Crippen LogP contribution in [0.5, 0.6) is 0 Å². The lowest BCUT2D eigenvalue weighted by Crippen LogP contribution is -2.56. The second-order valence-corrected chi connectivity index (χ2v) is 4.80. The summed E-state index contributed by atoms with van der Waals surface area (Å²) in [7, 11) is 0. The summed E-state index contributed by atoms with van der Waals surface area (Å²) in [6.45, 7) is -0.509. The molecule has 10 heteroatoms. The van der Waals surface area contributed by atoms with E-state index in [1.807, 2.05) is 0 Å². The van der Waals surface area contributed by atoms with Crippen LogP contribution >= 0.6 is 0 Å². The van der Waals surface area contributed by atoms with Crippen LogP contribution < -0.4 is 5.73 Å². The third-order valence-corrected chi connectivity index (χ3v) is 3.53. The van der Waals surface area contributed by atoms with E-state index in [4.69, 9.17) is 10.5 Å². The van der Waals surface area contributed by atoms with Crippen LogP contribution in [0.2, 0.25) is 0 Å². The standard InChI is InChI=1S/C11H15N5O5/c12-9-5-10(14-2-13-9)16(3-15-5)11-8(20)7(19)6(18)4(1-17)21-11/h2-4,6-8,11,17-20H,1H2,(H2,12,13,14)/t4-,6-,7+,8-,11+/m0/s1. The Morgan fingerprint density at radius 3 is 2.62 bits per heavy atom. The molecule has 0 saturated carbocycles. The van der Waals surface area contributed by atoms with E-state index in [1.54, 1.807) is 0 Å². The first-order valence-electron chi connectivity index (χ1n) is 6.28. The number of aromatic nitrogens is 4. The monoisotopic (exact) mass is 297 g/mol. The normalized spacial score (nSPS) is 33.4. The predicted molar refractivity (Wildman–Crippen MR) is 68.8 cm³/mol. The number of rotatable bonds is 2. The lowest BCUT2D eigenvalue weighted by Gasteiger charge is -2.40. The maximum atomic E-state index is 10.1. The highest BCUT2D eigenvalue weighted by atomic mass is 16.6. The predicted octanol–water partition coefficient (Wildman–Crippen LogP) is -2.62. The van der Waals surface area contributed by atoms with E-state index in [0.717, 1.165) is 0 Å². The molecule has 114 valence electrons. The summed E-state index contributed by atoms with van der Waals surface area (Å²) in [5, 5.41) is 38.8. The van der Waals surface area contributed by atoms with Gasteiger partial charge in [0.2, 0.25) is 0 Å². The Labute approximate surface area is 118 Å². The highest BCUT2D eigenvalue weighted by molar-refractivity contribution is 5.81. The molecule has 6 N–H and O–H groups in total. The number of hydrogen-bond donors (Lipinski definition) is 5. The van der Waals surface area contributed by atoms with Gasteiger partial charge in [0.05, 0.1) is 12.9 Å². The van der Waals surface area contributed by atoms with Crippen LogP contribution in [0.25, 0.3) is 11.2 Å². The summed E-state index contributed by atoms with van der Waals surface area (Å²) >= 11 is 0. The number of anilines is 1. The van der Waals surface area contributed by atoms with Crippen LogP contribution in [-0.2, 0) is 4.74 Å². The minimum absolute atomic E-state index is 0.170. The molecule has 5 atom stereocenters. The third kappa shape index (κ3) is 2.13. The number of nitrogens with two attached hydrogens (primary N) is 1. The molecule has 2 aromatic heterocycles. The topological polar surface area (TPSA) is 160 Å². The number of fused-ring (bicyclic) bond motifs is 1. The van der Waals surface area contributed by atoms with E-state index >= 15 is 0 Å². The highest BCUT2D eigenvalue weighted by Crippen LogP contribution is 2.30. The second kappa shape index (κ2) is 5.16. The Balaban J connectivity index is 2.03. The fraction of sp³-hybridized carbons (Fsp3) is 0.545. The SMILES string of the molecule is Nc1ncnc2c1ncn2[C@@H]1O[C@@H](CO)[C@H](O)[C@@H](O)[C@@H]1O. The van der Waals surface area contributed by atoms with Gasteiger partial charge in [-0.25, -0.2) is 15.0 Å². The summed E-state index contributed by atoms with van der Waals surface area (Å²) in [6, 6.07) is 0. The van der Waals surface area contributed by atoms with E-state index in [2.05, 4.69) is 15.0 Å². The number of aliphatic hydroxyl groups excluding tert-OH is 4. The third-order valence-electron chi connectivity index (χ3n) is 3.53. The van der Waals surface area contributed by atoms with Crippen LogP contribution in [0, 0.1) is 0 Å². The average molecular weight is 297 g/mol. The molecule has 0 amide bonds. The van der Waals surface area contributed by atoms with Gasteiger partial charge in [0, 0.05) is 0 Å². The molecule has 0 unspecified atom stereocenters. The molecule has 1 saturated heterocycles. The van der Waals surface area contributed by atoms with Crippen molar-refractivity contribution in [3.63, 3.8) is 0 Å². The molecular formula is C11H15N5O5. The summed E-state index contributed by atoms with van der Waals surface area (Å²) in [5.74, 6) is 0.170. The first-order chi connectivity index (χ1) is 10.0. The molecule has 0 radical (unpaired) electrons. The molecule has 1 aliphatic heterocycles. The molecule has 21 heavy (non-hydrogen) atoms. The summed E-state index contributed by atoms with van der Waals surface area (Å²) in [6.07, 6.45) is -3.82. The van der Waals surface area contributed by atoms with E-state index in [9.17, 15) is 20.4 Å². The van der Waals surface area contributed by atoms with E-state index in [0.29, 0.717) is 11.2 Å².